The molecule has 0 radical (unpaired) electrons. The van der Waals surface area contributed by atoms with Crippen molar-refractivity contribution in [3.05, 3.63) is 72.8 Å². The Bertz CT molecular complexity index is 1070. The van der Waals surface area contributed by atoms with E-state index in [4.69, 9.17) is 4.74 Å². The van der Waals surface area contributed by atoms with E-state index in [1.54, 1.807) is 48.6 Å². The Morgan fingerprint density at radius 3 is 1.86 bits per heavy atom. The van der Waals surface area contributed by atoms with Crippen molar-refractivity contribution in [2.45, 2.75) is 33.3 Å². The van der Waals surface area contributed by atoms with Crippen LogP contribution >= 0.6 is 0 Å². The van der Waals surface area contributed by atoms with Crippen LogP contribution in [0.4, 0.5) is 0 Å². The maximum atomic E-state index is 13.4. The molecule has 0 bridgehead atoms. The normalized spacial score (nSPS) is 23.9. The number of sulfone groups is 2. The van der Waals surface area contributed by atoms with Gasteiger partial charge in [-0.25, -0.2) is 16.8 Å². The fourth-order valence-corrected chi connectivity index (χ4v) is 8.62. The van der Waals surface area contributed by atoms with E-state index in [2.05, 4.69) is 0 Å². The Balaban J connectivity index is 1.76. The standard InChI is InChI=1S/C21H20O6S2/c22-20-14-18-15(11-12-19(18)27-20)13-21(28(23,24)16-7-3-1-4-8-16)29(25,26)17-9-5-2-6-10-17/h1-12,15,18-19,21H,13-14H2/t15-,18+,19-/m1/s1. The van der Waals surface area contributed by atoms with Gasteiger partial charge in [0.1, 0.15) is 6.10 Å². The topological polar surface area (TPSA) is 94.6 Å². The molecule has 0 N–H and O–H groups in total. The van der Waals surface area contributed by atoms with Crippen molar-refractivity contribution in [1.29, 1.82) is 0 Å². The first-order chi connectivity index (χ1) is 13.8. The van der Waals surface area contributed by atoms with E-state index in [-0.39, 0.29) is 40.4 Å². The molecule has 2 aromatic rings. The fourth-order valence-electron chi connectivity index (χ4n) is 3.99. The summed E-state index contributed by atoms with van der Waals surface area (Å²) in [6.07, 6.45) is 3.11. The van der Waals surface area contributed by atoms with Gasteiger partial charge in [-0.2, -0.15) is 0 Å². The summed E-state index contributed by atoms with van der Waals surface area (Å²) in [4.78, 5) is 11.6. The van der Waals surface area contributed by atoms with E-state index in [9.17, 15) is 21.6 Å². The summed E-state index contributed by atoms with van der Waals surface area (Å²) in [5.74, 6) is -0.960. The fraction of sp³-hybridized carbons (Fsp3) is 0.286. The molecule has 1 heterocycles. The summed E-state index contributed by atoms with van der Waals surface area (Å²) in [5.41, 5.74) is 0. The molecule has 29 heavy (non-hydrogen) atoms. The second-order valence-electron chi connectivity index (χ2n) is 7.25. The van der Waals surface area contributed by atoms with E-state index in [1.807, 2.05) is 0 Å². The maximum Gasteiger partial charge on any atom is 0.306 e. The third kappa shape index (κ3) is 3.62. The molecule has 2 aromatic carbocycles. The average molecular weight is 433 g/mol. The summed E-state index contributed by atoms with van der Waals surface area (Å²) in [6.45, 7) is 0. The van der Waals surface area contributed by atoms with Crippen LogP contribution in [0.15, 0.2) is 82.6 Å². The molecule has 2 aliphatic rings. The number of rotatable bonds is 6. The molecule has 3 atom stereocenters. The quantitative estimate of drug-likeness (QED) is 0.515. The number of hydrogen-bond donors (Lipinski definition) is 0. The molecule has 1 aliphatic heterocycles. The lowest BCUT2D eigenvalue weighted by atomic mass is 9.90. The van der Waals surface area contributed by atoms with Crippen LogP contribution in [-0.4, -0.2) is 33.5 Å². The Labute approximate surface area is 170 Å². The molecule has 0 aromatic heterocycles. The maximum absolute atomic E-state index is 13.4. The highest BCUT2D eigenvalue weighted by atomic mass is 32.3. The first kappa shape index (κ1) is 19.8. The van der Waals surface area contributed by atoms with E-state index in [0.29, 0.717) is 0 Å². The zero-order valence-electron chi connectivity index (χ0n) is 15.4. The summed E-state index contributed by atoms with van der Waals surface area (Å²) < 4.78 is 57.1. The van der Waals surface area contributed by atoms with Crippen LogP contribution < -0.4 is 0 Å². The van der Waals surface area contributed by atoms with Crippen molar-refractivity contribution < 1.29 is 26.4 Å². The first-order valence-corrected chi connectivity index (χ1v) is 12.3. The Morgan fingerprint density at radius 1 is 0.828 bits per heavy atom. The molecule has 1 saturated heterocycles. The van der Waals surface area contributed by atoms with Crippen LogP contribution in [0.25, 0.3) is 0 Å². The highest BCUT2D eigenvalue weighted by Gasteiger charge is 2.47. The summed E-state index contributed by atoms with van der Waals surface area (Å²) in [5, 5.41) is 0. The number of carbonyl (C=O) groups is 1. The van der Waals surface area contributed by atoms with Crippen LogP contribution in [0.2, 0.25) is 0 Å². The molecule has 1 fully saturated rings. The van der Waals surface area contributed by atoms with E-state index in [1.165, 1.54) is 24.3 Å². The Hall–Kier alpha value is -2.45. The largest absolute Gasteiger partial charge is 0.458 e. The molecule has 0 saturated carbocycles. The van der Waals surface area contributed by atoms with Gasteiger partial charge in [-0.15, -0.1) is 0 Å². The van der Waals surface area contributed by atoms with E-state index < -0.39 is 30.4 Å². The van der Waals surface area contributed by atoms with Crippen molar-refractivity contribution in [1.82, 2.24) is 0 Å². The number of benzene rings is 2. The molecule has 0 spiro atoms. The lowest BCUT2D eigenvalue weighted by Crippen LogP contribution is -2.34. The average Bonchev–Trinajstić information content (AvgIpc) is 3.26. The van der Waals surface area contributed by atoms with Gasteiger partial charge < -0.3 is 4.74 Å². The van der Waals surface area contributed by atoms with Gasteiger partial charge in [-0.05, 0) is 42.7 Å². The van der Waals surface area contributed by atoms with Crippen molar-refractivity contribution in [2.75, 3.05) is 0 Å². The minimum Gasteiger partial charge on any atom is -0.458 e. The van der Waals surface area contributed by atoms with Gasteiger partial charge in [0.25, 0.3) is 0 Å². The zero-order chi connectivity index (χ0) is 20.6. The molecule has 4 rings (SSSR count). The van der Waals surface area contributed by atoms with Crippen LogP contribution in [-0.2, 0) is 29.2 Å². The molecule has 0 unspecified atom stereocenters. The van der Waals surface area contributed by atoms with E-state index in [0.717, 1.165) is 0 Å². The van der Waals surface area contributed by atoms with Crippen LogP contribution in [0.3, 0.4) is 0 Å². The van der Waals surface area contributed by atoms with Gasteiger partial charge in [0.2, 0.25) is 0 Å². The molecule has 6 nitrogen and oxygen atoms in total. The number of hydrogen-bond acceptors (Lipinski definition) is 6. The Kier molecular flexibility index (Phi) is 5.08. The lowest BCUT2D eigenvalue weighted by molar-refractivity contribution is -0.140. The number of ether oxygens (including phenoxy) is 1. The molecule has 0 amide bonds. The van der Waals surface area contributed by atoms with Crippen molar-refractivity contribution >= 4 is 25.6 Å². The number of allylic oxidation sites excluding steroid dienone is 1. The number of esters is 1. The van der Waals surface area contributed by atoms with Crippen LogP contribution in [0.5, 0.6) is 0 Å². The molecule has 1 aliphatic carbocycles. The summed E-state index contributed by atoms with van der Waals surface area (Å²) in [7, 11) is -8.37. The molecule has 152 valence electrons. The number of carbonyl (C=O) groups excluding carboxylic acids is 1. The predicted octanol–water partition coefficient (Wildman–Crippen LogP) is 2.77. The van der Waals surface area contributed by atoms with Gasteiger partial charge in [0.15, 0.2) is 24.3 Å². The predicted molar refractivity (Wildman–Crippen MR) is 106 cm³/mol. The highest BCUT2D eigenvalue weighted by molar-refractivity contribution is 8.09. The minimum atomic E-state index is -4.18. The third-order valence-corrected chi connectivity index (χ3v) is 10.6. The molecule has 8 heteroatoms. The van der Waals surface area contributed by atoms with Crippen molar-refractivity contribution in [2.24, 2.45) is 11.8 Å². The van der Waals surface area contributed by atoms with Crippen LogP contribution in [0, 0.1) is 11.8 Å². The SMILES string of the molecule is O=C1C[C@H]2[C@@H](CC(S(=O)(=O)c3ccccc3)S(=O)(=O)c3ccccc3)C=C[C@H]2O1. The number of fused-ring (bicyclic) bond motifs is 1. The zero-order valence-corrected chi connectivity index (χ0v) is 17.1. The summed E-state index contributed by atoms with van der Waals surface area (Å²) >= 11 is 0. The van der Waals surface area contributed by atoms with Crippen molar-refractivity contribution in [3.63, 3.8) is 0 Å². The second-order valence-corrected chi connectivity index (χ2v) is 11.8. The Morgan fingerprint density at radius 2 is 1.34 bits per heavy atom. The highest BCUT2D eigenvalue weighted by Crippen LogP contribution is 2.41. The molecular formula is C21H20O6S2. The van der Waals surface area contributed by atoms with Gasteiger partial charge in [0.05, 0.1) is 16.2 Å². The van der Waals surface area contributed by atoms with Crippen molar-refractivity contribution in [3.8, 4) is 0 Å². The third-order valence-electron chi connectivity index (χ3n) is 5.49. The second kappa shape index (κ2) is 7.42. The van der Waals surface area contributed by atoms with Gasteiger partial charge in [-0.3, -0.25) is 4.79 Å². The van der Waals surface area contributed by atoms with Crippen LogP contribution in [0.1, 0.15) is 12.8 Å². The molecular weight excluding hydrogens is 412 g/mol. The minimum absolute atomic E-state index is 0.0400. The lowest BCUT2D eigenvalue weighted by Gasteiger charge is -2.23. The van der Waals surface area contributed by atoms with Gasteiger partial charge in [-0.1, -0.05) is 42.5 Å². The monoisotopic (exact) mass is 432 g/mol. The van der Waals surface area contributed by atoms with Gasteiger partial charge in [0, 0.05) is 5.92 Å². The first-order valence-electron chi connectivity index (χ1n) is 9.26. The van der Waals surface area contributed by atoms with Gasteiger partial charge >= 0.3 is 5.97 Å². The smallest absolute Gasteiger partial charge is 0.306 e. The van der Waals surface area contributed by atoms with E-state index >= 15 is 0 Å². The summed E-state index contributed by atoms with van der Waals surface area (Å²) in [6, 6.07) is 15.2.